The molecular formula is C26H22N2O6S. The summed E-state index contributed by atoms with van der Waals surface area (Å²) in [7, 11) is 3.12. The molecule has 4 rings (SSSR count). The van der Waals surface area contributed by atoms with Gasteiger partial charge in [-0.3, -0.25) is 4.79 Å². The van der Waals surface area contributed by atoms with Gasteiger partial charge in [-0.1, -0.05) is 18.2 Å². The maximum atomic E-state index is 12.4. The molecule has 1 heterocycles. The number of aliphatic imine (C=N–C) groups is 1. The SMILES string of the molecule is COc1ccc(N=C2NC(=O)C(=Cc3ccc(OCc4cccc(C(=O)O)c4)c(OC)c3)S2)cc1. The van der Waals surface area contributed by atoms with Gasteiger partial charge in [-0.15, -0.1) is 0 Å². The zero-order valence-electron chi connectivity index (χ0n) is 19.0. The molecule has 1 aliphatic rings. The molecule has 0 bridgehead atoms. The Bertz CT molecular complexity index is 1320. The van der Waals surface area contributed by atoms with E-state index < -0.39 is 5.97 Å². The molecule has 35 heavy (non-hydrogen) atoms. The first-order valence-corrected chi connectivity index (χ1v) is 11.3. The van der Waals surface area contributed by atoms with Crippen LogP contribution >= 0.6 is 11.8 Å². The summed E-state index contributed by atoms with van der Waals surface area (Å²) >= 11 is 1.25. The number of hydrogen-bond donors (Lipinski definition) is 2. The van der Waals surface area contributed by atoms with Crippen molar-refractivity contribution in [3.8, 4) is 17.2 Å². The molecule has 0 atom stereocenters. The minimum Gasteiger partial charge on any atom is -0.497 e. The molecule has 1 aliphatic heterocycles. The quantitative estimate of drug-likeness (QED) is 0.434. The summed E-state index contributed by atoms with van der Waals surface area (Å²) < 4.78 is 16.4. The summed E-state index contributed by atoms with van der Waals surface area (Å²) in [6.07, 6.45) is 1.75. The lowest BCUT2D eigenvalue weighted by Gasteiger charge is -2.12. The number of amides is 1. The van der Waals surface area contributed by atoms with Gasteiger partial charge < -0.3 is 24.6 Å². The van der Waals surface area contributed by atoms with Crippen LogP contribution in [-0.2, 0) is 11.4 Å². The van der Waals surface area contributed by atoms with Gasteiger partial charge in [-0.25, -0.2) is 9.79 Å². The summed E-state index contributed by atoms with van der Waals surface area (Å²) in [6, 6.07) is 19.1. The van der Waals surface area contributed by atoms with Crippen molar-refractivity contribution < 1.29 is 28.9 Å². The molecule has 0 saturated carbocycles. The number of thioether (sulfide) groups is 1. The molecule has 0 aromatic heterocycles. The summed E-state index contributed by atoms with van der Waals surface area (Å²) in [5.41, 5.74) is 2.38. The zero-order chi connectivity index (χ0) is 24.8. The first-order chi connectivity index (χ1) is 16.9. The van der Waals surface area contributed by atoms with E-state index >= 15 is 0 Å². The predicted molar refractivity (Wildman–Crippen MR) is 135 cm³/mol. The number of nitrogens with one attached hydrogen (secondary N) is 1. The highest BCUT2D eigenvalue weighted by atomic mass is 32.2. The Morgan fingerprint density at radius 1 is 1.03 bits per heavy atom. The minimum atomic E-state index is -0.993. The Labute approximate surface area is 206 Å². The van der Waals surface area contributed by atoms with Crippen LogP contribution in [-0.4, -0.2) is 36.4 Å². The number of methoxy groups -OCH3 is 2. The molecule has 1 amide bonds. The lowest BCUT2D eigenvalue weighted by Crippen LogP contribution is -2.19. The van der Waals surface area contributed by atoms with E-state index in [1.165, 1.54) is 24.9 Å². The lowest BCUT2D eigenvalue weighted by atomic mass is 10.1. The van der Waals surface area contributed by atoms with E-state index in [0.717, 1.165) is 16.9 Å². The summed E-state index contributed by atoms with van der Waals surface area (Å²) in [5, 5.41) is 12.4. The van der Waals surface area contributed by atoms with E-state index in [0.29, 0.717) is 27.3 Å². The maximum Gasteiger partial charge on any atom is 0.335 e. The highest BCUT2D eigenvalue weighted by Gasteiger charge is 2.24. The van der Waals surface area contributed by atoms with Gasteiger partial charge in [0, 0.05) is 0 Å². The van der Waals surface area contributed by atoms with E-state index in [1.54, 1.807) is 55.7 Å². The normalized spacial score (nSPS) is 15.2. The lowest BCUT2D eigenvalue weighted by molar-refractivity contribution is -0.115. The predicted octanol–water partition coefficient (Wildman–Crippen LogP) is 4.87. The summed E-state index contributed by atoms with van der Waals surface area (Å²) in [4.78, 5) is 28.6. The van der Waals surface area contributed by atoms with Crippen LogP contribution in [0.2, 0.25) is 0 Å². The third-order valence-electron chi connectivity index (χ3n) is 5.01. The number of carbonyl (C=O) groups is 2. The first-order valence-electron chi connectivity index (χ1n) is 10.5. The second kappa shape index (κ2) is 10.8. The Kier molecular flexibility index (Phi) is 7.37. The Morgan fingerprint density at radius 2 is 1.83 bits per heavy atom. The van der Waals surface area contributed by atoms with Crippen LogP contribution in [0.25, 0.3) is 6.08 Å². The molecule has 178 valence electrons. The number of nitrogens with zero attached hydrogens (tertiary/aromatic N) is 1. The molecule has 9 heteroatoms. The van der Waals surface area contributed by atoms with Crippen LogP contribution < -0.4 is 19.5 Å². The first kappa shape index (κ1) is 23.9. The molecule has 0 unspecified atom stereocenters. The average molecular weight is 491 g/mol. The van der Waals surface area contributed by atoms with Crippen molar-refractivity contribution in [3.63, 3.8) is 0 Å². The van der Waals surface area contributed by atoms with Crippen LogP contribution in [0.15, 0.2) is 76.6 Å². The number of rotatable bonds is 8. The summed E-state index contributed by atoms with van der Waals surface area (Å²) in [5.74, 6) is 0.491. The third kappa shape index (κ3) is 6.01. The molecule has 1 saturated heterocycles. The van der Waals surface area contributed by atoms with Crippen molar-refractivity contribution in [2.75, 3.05) is 14.2 Å². The number of aromatic carboxylic acids is 1. The van der Waals surface area contributed by atoms with Crippen molar-refractivity contribution in [2.24, 2.45) is 4.99 Å². The van der Waals surface area contributed by atoms with Crippen molar-refractivity contribution >= 4 is 40.6 Å². The number of carbonyl (C=O) groups excluding carboxylic acids is 1. The van der Waals surface area contributed by atoms with E-state index in [-0.39, 0.29) is 18.1 Å². The van der Waals surface area contributed by atoms with Gasteiger partial charge in [0.15, 0.2) is 16.7 Å². The zero-order valence-corrected chi connectivity index (χ0v) is 19.8. The number of benzene rings is 3. The smallest absolute Gasteiger partial charge is 0.335 e. The van der Waals surface area contributed by atoms with Crippen LogP contribution in [0.3, 0.4) is 0 Å². The van der Waals surface area contributed by atoms with Crippen molar-refractivity contribution in [3.05, 3.63) is 88.3 Å². The molecule has 3 aromatic carbocycles. The van der Waals surface area contributed by atoms with Crippen molar-refractivity contribution in [2.45, 2.75) is 6.61 Å². The van der Waals surface area contributed by atoms with Gasteiger partial charge in [-0.2, -0.15) is 0 Å². The second-order valence-corrected chi connectivity index (χ2v) is 8.41. The van der Waals surface area contributed by atoms with E-state index in [2.05, 4.69) is 10.3 Å². The number of amidine groups is 1. The highest BCUT2D eigenvalue weighted by Crippen LogP contribution is 2.33. The van der Waals surface area contributed by atoms with Crippen LogP contribution in [0, 0.1) is 0 Å². The second-order valence-electron chi connectivity index (χ2n) is 7.38. The van der Waals surface area contributed by atoms with E-state index in [1.807, 2.05) is 18.2 Å². The molecular weight excluding hydrogens is 468 g/mol. The van der Waals surface area contributed by atoms with Gasteiger partial charge in [0.25, 0.3) is 5.91 Å². The van der Waals surface area contributed by atoms with Crippen molar-refractivity contribution in [1.82, 2.24) is 5.32 Å². The number of ether oxygens (including phenoxy) is 3. The molecule has 8 nitrogen and oxygen atoms in total. The highest BCUT2D eigenvalue weighted by molar-refractivity contribution is 8.18. The average Bonchev–Trinajstić information content (AvgIpc) is 3.21. The monoisotopic (exact) mass is 490 g/mol. The summed E-state index contributed by atoms with van der Waals surface area (Å²) in [6.45, 7) is 0.182. The standard InChI is InChI=1S/C26H22N2O6S/c1-32-20-9-7-19(8-10-20)27-26-28-24(29)23(35-26)14-16-6-11-21(22(13-16)33-2)34-15-17-4-3-5-18(12-17)25(30)31/h3-14H,15H2,1-2H3,(H,30,31)(H,27,28,29). The van der Waals surface area contributed by atoms with Gasteiger partial charge >= 0.3 is 5.97 Å². The van der Waals surface area contributed by atoms with E-state index in [4.69, 9.17) is 19.3 Å². The van der Waals surface area contributed by atoms with Gasteiger partial charge in [0.1, 0.15) is 12.4 Å². The minimum absolute atomic E-state index is 0.182. The Morgan fingerprint density at radius 3 is 2.54 bits per heavy atom. The van der Waals surface area contributed by atoms with Crippen LogP contribution in [0.4, 0.5) is 5.69 Å². The Balaban J connectivity index is 1.46. The van der Waals surface area contributed by atoms with Crippen LogP contribution in [0.5, 0.6) is 17.2 Å². The fourth-order valence-electron chi connectivity index (χ4n) is 3.25. The number of carboxylic acid groups (broad SMARTS) is 1. The molecule has 0 spiro atoms. The largest absolute Gasteiger partial charge is 0.497 e. The van der Waals surface area contributed by atoms with E-state index in [9.17, 15) is 9.59 Å². The number of hydrogen-bond acceptors (Lipinski definition) is 7. The third-order valence-corrected chi connectivity index (χ3v) is 5.92. The van der Waals surface area contributed by atoms with Gasteiger partial charge in [-0.05, 0) is 77.5 Å². The van der Waals surface area contributed by atoms with Gasteiger partial charge in [0.2, 0.25) is 0 Å². The molecule has 1 fully saturated rings. The fraction of sp³-hybridized carbons (Fsp3) is 0.115. The van der Waals surface area contributed by atoms with Crippen molar-refractivity contribution in [1.29, 1.82) is 0 Å². The molecule has 3 aromatic rings. The molecule has 0 aliphatic carbocycles. The number of carboxylic acids is 1. The van der Waals surface area contributed by atoms with Gasteiger partial charge in [0.05, 0.1) is 30.4 Å². The molecule has 0 radical (unpaired) electrons. The molecule has 2 N–H and O–H groups in total. The Hall–Kier alpha value is -4.24. The topological polar surface area (TPSA) is 106 Å². The van der Waals surface area contributed by atoms with Crippen LogP contribution in [0.1, 0.15) is 21.5 Å². The fourth-order valence-corrected chi connectivity index (χ4v) is 4.10. The maximum absolute atomic E-state index is 12.4.